The molecule has 1 atom stereocenters. The zero-order valence-corrected chi connectivity index (χ0v) is 21.5. The van der Waals surface area contributed by atoms with Crippen molar-refractivity contribution >= 4 is 34.5 Å². The van der Waals surface area contributed by atoms with Crippen LogP contribution in [0.4, 0.5) is 4.79 Å². The van der Waals surface area contributed by atoms with Crippen LogP contribution in [-0.2, 0) is 10.3 Å². The summed E-state index contributed by atoms with van der Waals surface area (Å²) in [5.74, 6) is -0.188. The summed E-state index contributed by atoms with van der Waals surface area (Å²) in [6.45, 7) is 6.59. The van der Waals surface area contributed by atoms with E-state index in [2.05, 4.69) is 0 Å². The molecule has 36 heavy (non-hydrogen) atoms. The molecular weight excluding hydrogens is 480 g/mol. The number of fused-ring (bicyclic) bond motifs is 1. The first-order valence-electron chi connectivity index (χ1n) is 12.0. The van der Waals surface area contributed by atoms with Crippen LogP contribution >= 0.6 is 11.6 Å². The molecular formula is C27H31ClN4O4. The highest BCUT2D eigenvalue weighted by molar-refractivity contribution is 6.35. The molecule has 0 saturated carbocycles. The van der Waals surface area contributed by atoms with Gasteiger partial charge in [0.1, 0.15) is 6.17 Å². The minimum absolute atomic E-state index is 0.188. The summed E-state index contributed by atoms with van der Waals surface area (Å²) in [7, 11) is 0. The minimum Gasteiger partial charge on any atom is -0.449 e. The number of aliphatic hydroxyl groups is 1. The summed E-state index contributed by atoms with van der Waals surface area (Å²) in [6.07, 6.45) is -0.365. The number of pyridine rings is 1. The van der Waals surface area contributed by atoms with Crippen molar-refractivity contribution in [2.75, 3.05) is 26.2 Å². The summed E-state index contributed by atoms with van der Waals surface area (Å²) in [6, 6.07) is 14.5. The molecule has 0 radical (unpaired) electrons. The molecule has 1 aromatic heterocycles. The van der Waals surface area contributed by atoms with Crippen molar-refractivity contribution in [2.24, 2.45) is 5.73 Å². The molecule has 190 valence electrons. The molecule has 0 aliphatic carbocycles. The first kappa shape index (κ1) is 25.9. The number of halogens is 1. The number of aromatic nitrogens is 1. The predicted molar refractivity (Wildman–Crippen MR) is 140 cm³/mol. The zero-order valence-electron chi connectivity index (χ0n) is 20.7. The first-order valence-corrected chi connectivity index (χ1v) is 12.4. The number of ether oxygens (including phenoxy) is 1. The summed E-state index contributed by atoms with van der Waals surface area (Å²) in [5, 5.41) is 11.5. The van der Waals surface area contributed by atoms with E-state index in [1.165, 1.54) is 4.90 Å². The molecule has 3 aromatic rings. The van der Waals surface area contributed by atoms with Crippen LogP contribution < -0.4 is 5.73 Å². The fourth-order valence-electron chi connectivity index (χ4n) is 4.19. The fourth-order valence-corrected chi connectivity index (χ4v) is 4.45. The third kappa shape index (κ3) is 5.46. The van der Waals surface area contributed by atoms with Crippen LogP contribution in [0.3, 0.4) is 0 Å². The number of nitrogens with zero attached hydrogens (tertiary/aromatic N) is 3. The van der Waals surface area contributed by atoms with Gasteiger partial charge in [0, 0.05) is 29.6 Å². The van der Waals surface area contributed by atoms with E-state index in [9.17, 15) is 14.7 Å². The lowest BCUT2D eigenvalue weighted by Gasteiger charge is -2.38. The van der Waals surface area contributed by atoms with Crippen molar-refractivity contribution in [3.8, 4) is 11.3 Å². The van der Waals surface area contributed by atoms with Crippen LogP contribution in [0.1, 0.15) is 43.1 Å². The standard InChI is InChI=1S/C27H31ClN4O4/c1-4-13-36-26(34)32-12-11-31(16-24(32)29)25(33)18-7-10-20-21(28)15-22(30-23(20)14-18)17-5-8-19(9-6-17)27(2,3)35/h5-10,14-15,24,35H,4,11-13,16,29H2,1-3H3/t24-/m0/s1. The van der Waals surface area contributed by atoms with Gasteiger partial charge in [-0.15, -0.1) is 0 Å². The lowest BCUT2D eigenvalue weighted by Crippen LogP contribution is -2.60. The van der Waals surface area contributed by atoms with Gasteiger partial charge >= 0.3 is 6.09 Å². The third-order valence-corrected chi connectivity index (χ3v) is 6.58. The van der Waals surface area contributed by atoms with Crippen molar-refractivity contribution < 1.29 is 19.4 Å². The number of rotatable bonds is 5. The molecule has 1 aliphatic rings. The van der Waals surface area contributed by atoms with Gasteiger partial charge in [-0.25, -0.2) is 9.78 Å². The van der Waals surface area contributed by atoms with Gasteiger partial charge in [0.05, 0.1) is 35.0 Å². The molecule has 4 rings (SSSR count). The quantitative estimate of drug-likeness (QED) is 0.527. The number of carbonyl (C=O) groups excluding carboxylic acids is 2. The van der Waals surface area contributed by atoms with Crippen LogP contribution in [-0.4, -0.2) is 64.3 Å². The Labute approximate surface area is 215 Å². The lowest BCUT2D eigenvalue weighted by atomic mass is 9.96. The molecule has 2 amide bonds. The van der Waals surface area contributed by atoms with Gasteiger partial charge in [-0.3, -0.25) is 9.69 Å². The molecule has 1 saturated heterocycles. The van der Waals surface area contributed by atoms with E-state index in [1.807, 2.05) is 31.2 Å². The summed E-state index contributed by atoms with van der Waals surface area (Å²) in [4.78, 5) is 33.3. The van der Waals surface area contributed by atoms with E-state index in [-0.39, 0.29) is 12.5 Å². The second-order valence-corrected chi connectivity index (χ2v) is 9.89. The highest BCUT2D eigenvalue weighted by atomic mass is 35.5. The molecule has 2 aromatic carbocycles. The first-order chi connectivity index (χ1) is 17.1. The fraction of sp³-hybridized carbons (Fsp3) is 0.370. The maximum Gasteiger partial charge on any atom is 0.411 e. The molecule has 1 fully saturated rings. The monoisotopic (exact) mass is 510 g/mol. The summed E-state index contributed by atoms with van der Waals surface area (Å²) < 4.78 is 5.18. The molecule has 9 heteroatoms. The van der Waals surface area contributed by atoms with E-state index >= 15 is 0 Å². The van der Waals surface area contributed by atoms with Crippen molar-refractivity contribution in [1.29, 1.82) is 0 Å². The van der Waals surface area contributed by atoms with Gasteiger partial charge in [-0.1, -0.05) is 48.9 Å². The number of hydrogen-bond donors (Lipinski definition) is 2. The number of carbonyl (C=O) groups is 2. The highest BCUT2D eigenvalue weighted by Crippen LogP contribution is 2.30. The van der Waals surface area contributed by atoms with Crippen molar-refractivity contribution in [2.45, 2.75) is 39.0 Å². The van der Waals surface area contributed by atoms with Gasteiger partial charge in [-0.05, 0) is 44.0 Å². The topological polar surface area (TPSA) is 109 Å². The van der Waals surface area contributed by atoms with Gasteiger partial charge in [0.15, 0.2) is 0 Å². The summed E-state index contributed by atoms with van der Waals surface area (Å²) >= 11 is 6.56. The Morgan fingerprint density at radius 3 is 2.53 bits per heavy atom. The van der Waals surface area contributed by atoms with Crippen molar-refractivity contribution in [3.63, 3.8) is 0 Å². The smallest absolute Gasteiger partial charge is 0.411 e. The van der Waals surface area contributed by atoms with Crippen molar-refractivity contribution in [1.82, 2.24) is 14.8 Å². The number of benzene rings is 2. The molecule has 3 N–H and O–H groups in total. The van der Waals surface area contributed by atoms with E-state index in [4.69, 9.17) is 27.1 Å². The minimum atomic E-state index is -0.938. The Bertz CT molecular complexity index is 1270. The molecule has 0 spiro atoms. The molecule has 8 nitrogen and oxygen atoms in total. The number of hydrogen-bond acceptors (Lipinski definition) is 6. The van der Waals surface area contributed by atoms with Gasteiger partial charge in [0.25, 0.3) is 5.91 Å². The maximum absolute atomic E-state index is 13.3. The van der Waals surface area contributed by atoms with Crippen LogP contribution in [0.25, 0.3) is 22.2 Å². The molecule has 0 unspecified atom stereocenters. The summed E-state index contributed by atoms with van der Waals surface area (Å²) in [5.41, 5.74) is 8.61. The predicted octanol–water partition coefficient (Wildman–Crippen LogP) is 4.37. The van der Waals surface area contributed by atoms with Gasteiger partial charge in [0.2, 0.25) is 0 Å². The highest BCUT2D eigenvalue weighted by Gasteiger charge is 2.31. The van der Waals surface area contributed by atoms with Gasteiger partial charge in [-0.2, -0.15) is 0 Å². The van der Waals surface area contributed by atoms with Crippen LogP contribution in [0.5, 0.6) is 0 Å². The van der Waals surface area contributed by atoms with E-state index < -0.39 is 17.9 Å². The van der Waals surface area contributed by atoms with E-state index in [1.54, 1.807) is 43.0 Å². The number of amides is 2. The largest absolute Gasteiger partial charge is 0.449 e. The Morgan fingerprint density at radius 2 is 1.89 bits per heavy atom. The Hall–Kier alpha value is -3.20. The SMILES string of the molecule is CCCOC(=O)N1CCN(C(=O)c2ccc3c(Cl)cc(-c4ccc(C(C)(C)O)cc4)nc3c2)C[C@H]1N. The van der Waals surface area contributed by atoms with E-state index in [0.717, 1.165) is 22.9 Å². The second-order valence-electron chi connectivity index (χ2n) is 9.48. The van der Waals surface area contributed by atoms with Crippen LogP contribution in [0.15, 0.2) is 48.5 Å². The molecule has 2 heterocycles. The van der Waals surface area contributed by atoms with Crippen LogP contribution in [0, 0.1) is 0 Å². The van der Waals surface area contributed by atoms with Crippen LogP contribution in [0.2, 0.25) is 5.02 Å². The molecule has 1 aliphatic heterocycles. The number of piperazine rings is 1. The van der Waals surface area contributed by atoms with Crippen molar-refractivity contribution in [3.05, 3.63) is 64.7 Å². The second kappa shape index (κ2) is 10.4. The Balaban J connectivity index is 1.55. The average molecular weight is 511 g/mol. The van der Waals surface area contributed by atoms with Gasteiger partial charge < -0.3 is 20.5 Å². The maximum atomic E-state index is 13.3. The zero-order chi connectivity index (χ0) is 26.0. The lowest BCUT2D eigenvalue weighted by molar-refractivity contribution is 0.0390. The number of nitrogens with two attached hydrogens (primary N) is 1. The molecule has 0 bridgehead atoms. The average Bonchev–Trinajstić information content (AvgIpc) is 2.86. The Kier molecular flexibility index (Phi) is 7.49. The normalized spacial score (nSPS) is 16.3. The Morgan fingerprint density at radius 1 is 1.17 bits per heavy atom. The third-order valence-electron chi connectivity index (χ3n) is 6.26. The van der Waals surface area contributed by atoms with E-state index in [0.29, 0.717) is 41.5 Å².